The summed E-state index contributed by atoms with van der Waals surface area (Å²) in [5.74, 6) is 20.9. The third-order valence-electron chi connectivity index (χ3n) is 50.9. The summed E-state index contributed by atoms with van der Waals surface area (Å²) < 4.78 is 17.8. The number of nitrogens with zero attached hydrogens (tertiary/aromatic N) is 4. The van der Waals surface area contributed by atoms with Crippen LogP contribution in [0, 0.1) is 173 Å². The molecule has 14 heterocycles. The van der Waals surface area contributed by atoms with Crippen LogP contribution in [0.25, 0.3) is 0 Å². The molecule has 27 aliphatic carbocycles. The first-order valence-corrected chi connectivity index (χ1v) is 53.5. The lowest BCUT2D eigenvalue weighted by molar-refractivity contribution is -0.245. The van der Waals surface area contributed by atoms with Crippen LogP contribution in [0.1, 0.15) is 358 Å². The monoisotopic (exact) mass is 1670 g/mol. The van der Waals surface area contributed by atoms with Gasteiger partial charge in [0.05, 0.1) is 24.4 Å². The highest BCUT2D eigenvalue weighted by Gasteiger charge is 2.82. The van der Waals surface area contributed by atoms with Crippen molar-refractivity contribution in [2.24, 2.45) is 173 Å². The zero-order valence-electron chi connectivity index (χ0n) is 82.0. The van der Waals surface area contributed by atoms with Crippen molar-refractivity contribution in [2.75, 3.05) is 39.3 Å². The second kappa shape index (κ2) is 26.8. The quantitative estimate of drug-likeness (QED) is 0.224. The molecule has 7 heteroatoms. The van der Waals surface area contributed by atoms with Crippen molar-refractivity contribution in [2.45, 2.75) is 406 Å². The van der Waals surface area contributed by atoms with E-state index in [9.17, 15) is 0 Å². The Kier molecular flexibility index (Phi) is 17.8. The Bertz CT molecular complexity index is 4270. The van der Waals surface area contributed by atoms with Crippen LogP contribution in [0.15, 0.2) is 101 Å². The number of allylic oxidation sites excluding steroid dienone is 16. The Morgan fingerprint density at radius 1 is 0.285 bits per heavy atom. The third-order valence-corrected chi connectivity index (χ3v) is 50.9. The Balaban J connectivity index is 0.0000000762. The molecule has 14 aliphatic heterocycles. The lowest BCUT2D eigenvalue weighted by Crippen LogP contribution is -2.65. The van der Waals surface area contributed by atoms with E-state index in [2.05, 4.69) is 172 Å². The predicted molar refractivity (Wildman–Crippen MR) is 500 cm³/mol. The maximum Gasteiger partial charge on any atom is 0.105 e. The van der Waals surface area contributed by atoms with Gasteiger partial charge in [-0.2, -0.15) is 0 Å². The van der Waals surface area contributed by atoms with Crippen LogP contribution < -0.4 is 0 Å². The minimum Gasteiger partial charge on any atom is -0.374 e. The summed E-state index contributed by atoms with van der Waals surface area (Å²) in [6.45, 7) is 60.9. The molecular weight excluding hydrogens is 1500 g/mol. The van der Waals surface area contributed by atoms with Crippen LogP contribution in [-0.4, -0.2) is 108 Å². The molecule has 27 fully saturated rings. The number of piperidine rings is 2. The standard InChI is InChI=1S/C18H28.C15H22.C14H20.C13H18O.C12H18N2.C12H16.C12H18.C10H16N2.C10H14O2/c1-12-13(2)15(4)8-17(6)11-16(5)7-14(12,3)9-18(16,17)10-15;1-9-10(2)12-6-14-4-3-13-5-11(9)7-15(13,14)8-12;1-8-9(2)11-4-13-5-12-3-10(8)6-14(12,13)7-11;1-7-8(2)10-4-12-13(6-10)5-9(7)3-11(13)14-12;1-8-9(2)14-5-11-3-10-4-13(8)6-12(10,11)7-14;1-6-7(2)9-5-12-4-8(6)3-10(12)11(9)12;2*1-7-8(2)12-6-9-3-4-10(12)5-11(7)9;1-5-6(2)10-8-4-3-7(12-10)9(5)11-8/h7-11H2,1-6H3;11-14H,3-8H2,1-2H3;10-13H,3-7H2,1-2H3;9-12H,3-6H2,1-2H3;10-11H,3-7H2,1-2H3;8-11H,3-5H2,1-2H3;9-12H,3-6H2,1-2H3;9-10H,3-6H2,1-2H3;7-10H,3-4H2,1-2H3. The van der Waals surface area contributed by atoms with Crippen LogP contribution in [0.2, 0.25) is 0 Å². The number of piperazine rings is 1. The van der Waals surface area contributed by atoms with Gasteiger partial charge in [0.25, 0.3) is 0 Å². The molecule has 0 aromatic heterocycles. The molecule has 0 N–H and O–H groups in total. The van der Waals surface area contributed by atoms with E-state index in [0.29, 0.717) is 56.9 Å². The molecule has 9 saturated heterocycles. The van der Waals surface area contributed by atoms with E-state index >= 15 is 0 Å². The SMILES string of the molecule is CC1=C(C)C2(C)CC3(C)CC4(C)CC1(C)CC43C2.CC1=C(C)C2CC34CC1CC3C24.CC1=C(C)C2CC3CC4CC1CC43C2.CC1=C(C)C2CC3CCC2CC13.CC1=C(C)C2CC3CCC4CC1CC43C2.CC1=C(C)C2CC3OC4CC1CC43C2.CC1=C(C)C2OC3CCC2OC13.CC1=C(C)N2CC3CC4CN1CC43C2.CC1=C(C)N2CC3CCC2CN13. The topological polar surface area (TPSA) is 40.7 Å². The van der Waals surface area contributed by atoms with E-state index < -0.39 is 0 Å². The van der Waals surface area contributed by atoms with E-state index in [0.717, 1.165) is 140 Å². The highest BCUT2D eigenvalue weighted by atomic mass is 16.6. The average Bonchev–Trinajstić information content (AvgIpc) is 1.46. The van der Waals surface area contributed by atoms with Gasteiger partial charge in [-0.1, -0.05) is 94.6 Å². The average molecular weight is 1670 g/mol. The highest BCUT2D eigenvalue weighted by molar-refractivity contribution is 5.44. The van der Waals surface area contributed by atoms with E-state index in [1.54, 1.807) is 181 Å². The van der Waals surface area contributed by atoms with Crippen molar-refractivity contribution in [3.63, 3.8) is 0 Å². The molecule has 0 aromatic rings. The summed E-state index contributed by atoms with van der Waals surface area (Å²) in [5, 5.41) is 0. The normalized spacial score (nSPS) is 55.2. The van der Waals surface area contributed by atoms with Gasteiger partial charge in [0.1, 0.15) is 12.2 Å². The maximum absolute atomic E-state index is 6.03. The molecule has 18 saturated carbocycles. The Morgan fingerprint density at radius 2 is 0.667 bits per heavy atom. The van der Waals surface area contributed by atoms with Crippen molar-refractivity contribution >= 4 is 0 Å². The molecule has 33 unspecified atom stereocenters. The molecule has 33 atom stereocenters. The zero-order valence-corrected chi connectivity index (χ0v) is 82.0. The molecule has 7 nitrogen and oxygen atoms in total. The maximum atomic E-state index is 6.03. The van der Waals surface area contributed by atoms with E-state index in [1.807, 2.05) is 0 Å². The summed E-state index contributed by atoms with van der Waals surface area (Å²) in [5.41, 5.74) is 37.2. The van der Waals surface area contributed by atoms with Crippen molar-refractivity contribution in [1.82, 2.24) is 19.6 Å². The van der Waals surface area contributed by atoms with Crippen molar-refractivity contribution in [3.05, 3.63) is 101 Å². The highest BCUT2D eigenvalue weighted by Crippen LogP contribution is 2.90. The van der Waals surface area contributed by atoms with E-state index in [-0.39, 0.29) is 12.2 Å². The first-order valence-electron chi connectivity index (χ1n) is 53.5. The summed E-state index contributed by atoms with van der Waals surface area (Å²) in [6, 6.07) is 1.69. The van der Waals surface area contributed by atoms with Gasteiger partial charge < -0.3 is 33.8 Å². The van der Waals surface area contributed by atoms with Crippen LogP contribution in [0.5, 0.6) is 0 Å². The predicted octanol–water partition coefficient (Wildman–Crippen LogP) is 27.1. The molecule has 0 aromatic carbocycles. The van der Waals surface area contributed by atoms with Crippen molar-refractivity contribution < 1.29 is 14.2 Å². The van der Waals surface area contributed by atoms with Crippen molar-refractivity contribution in [3.8, 4) is 0 Å². The largest absolute Gasteiger partial charge is 0.374 e. The second-order valence-electron chi connectivity index (χ2n) is 53.9. The van der Waals surface area contributed by atoms with Gasteiger partial charge in [0, 0.05) is 85.0 Å². The summed E-state index contributed by atoms with van der Waals surface area (Å²) in [4.78, 5) is 10.6. The van der Waals surface area contributed by atoms with Crippen LogP contribution in [-0.2, 0) is 14.2 Å². The van der Waals surface area contributed by atoms with Gasteiger partial charge in [0.15, 0.2) is 0 Å². The van der Waals surface area contributed by atoms with Gasteiger partial charge in [-0.25, -0.2) is 0 Å². The molecule has 0 amide bonds. The van der Waals surface area contributed by atoms with Gasteiger partial charge in [-0.15, -0.1) is 0 Å². The second-order valence-corrected chi connectivity index (χ2v) is 53.9. The molecule has 0 radical (unpaired) electrons. The number of hydrogen-bond acceptors (Lipinski definition) is 7. The van der Waals surface area contributed by atoms with Crippen molar-refractivity contribution in [1.29, 1.82) is 0 Å². The van der Waals surface area contributed by atoms with Crippen LogP contribution in [0.3, 0.4) is 0 Å². The van der Waals surface area contributed by atoms with Crippen LogP contribution in [0.4, 0.5) is 0 Å². The lowest BCUT2D eigenvalue weighted by atomic mass is 9.40. The molecule has 32 bridgehead atoms. The number of rotatable bonds is 0. The molecule has 41 aliphatic rings. The Labute approximate surface area is 748 Å². The summed E-state index contributed by atoms with van der Waals surface area (Å²) in [6.07, 6.45) is 50.3. The first-order chi connectivity index (χ1) is 58.5. The molecule has 41 rings (SSSR count). The van der Waals surface area contributed by atoms with Gasteiger partial charge in [-0.3, -0.25) is 0 Å². The molecular formula is C116H170N4O3. The molecule has 672 valence electrons. The number of fused-ring (bicyclic) bond motifs is 13. The third kappa shape index (κ3) is 10.7. The van der Waals surface area contributed by atoms with Gasteiger partial charge in [0.2, 0.25) is 0 Å². The molecule has 6 spiro atoms. The first kappa shape index (κ1) is 81.7. The lowest BCUT2D eigenvalue weighted by Gasteiger charge is -2.64. The Hall–Kier alpha value is -3.26. The van der Waals surface area contributed by atoms with E-state index in [4.69, 9.17) is 14.2 Å². The fourth-order valence-corrected chi connectivity index (χ4v) is 43.0. The number of hydrogen-bond donors (Lipinski definition) is 0. The summed E-state index contributed by atoms with van der Waals surface area (Å²) >= 11 is 0. The fraction of sp³-hybridized carbons (Fsp3) is 0.845. The van der Waals surface area contributed by atoms with Gasteiger partial charge >= 0.3 is 0 Å². The number of ether oxygens (including phenoxy) is 3. The minimum atomic E-state index is 0.286. The van der Waals surface area contributed by atoms with E-state index in [1.165, 1.54) is 176 Å². The minimum absolute atomic E-state index is 0.286. The zero-order chi connectivity index (χ0) is 84.9. The van der Waals surface area contributed by atoms with Crippen LogP contribution >= 0.6 is 0 Å². The fourth-order valence-electron chi connectivity index (χ4n) is 43.0. The Morgan fingerprint density at radius 3 is 1.09 bits per heavy atom. The smallest absolute Gasteiger partial charge is 0.105 e. The summed E-state index contributed by atoms with van der Waals surface area (Å²) in [7, 11) is 0. The van der Waals surface area contributed by atoms with Gasteiger partial charge in [-0.05, 0) is 503 Å². The molecule has 123 heavy (non-hydrogen) atoms.